The third kappa shape index (κ3) is 3.23. The van der Waals surface area contributed by atoms with E-state index in [4.69, 9.17) is 5.73 Å². The fourth-order valence-electron chi connectivity index (χ4n) is 3.91. The second-order valence-electron chi connectivity index (χ2n) is 7.02. The summed E-state index contributed by atoms with van der Waals surface area (Å²) in [4.78, 5) is 26.0. The van der Waals surface area contributed by atoms with Gasteiger partial charge in [-0.2, -0.15) is 0 Å². The molecule has 1 heterocycles. The Balaban J connectivity index is 2.12. The molecule has 2 fully saturated rings. The molecular formula is C16H28N2O3. The molecule has 1 amide bonds. The molecule has 0 aromatic heterocycles. The van der Waals surface area contributed by atoms with Crippen LogP contribution in [0.3, 0.4) is 0 Å². The van der Waals surface area contributed by atoms with Gasteiger partial charge in [0.15, 0.2) is 0 Å². The Morgan fingerprint density at radius 2 is 1.71 bits per heavy atom. The van der Waals surface area contributed by atoms with Gasteiger partial charge in [0.25, 0.3) is 0 Å². The monoisotopic (exact) mass is 296 g/mol. The number of nitrogens with zero attached hydrogens (tertiary/aromatic N) is 1. The predicted molar refractivity (Wildman–Crippen MR) is 80.8 cm³/mol. The second-order valence-corrected chi connectivity index (χ2v) is 7.02. The van der Waals surface area contributed by atoms with Crippen LogP contribution in [0.1, 0.15) is 64.7 Å². The Kier molecular flexibility index (Phi) is 4.91. The van der Waals surface area contributed by atoms with Crippen molar-refractivity contribution in [2.24, 2.45) is 11.1 Å². The predicted octanol–water partition coefficient (Wildman–Crippen LogP) is 2.14. The van der Waals surface area contributed by atoms with E-state index in [0.29, 0.717) is 25.9 Å². The van der Waals surface area contributed by atoms with Crippen LogP contribution in [0, 0.1) is 5.41 Å². The zero-order valence-corrected chi connectivity index (χ0v) is 13.1. The molecule has 1 aliphatic carbocycles. The molecule has 120 valence electrons. The van der Waals surface area contributed by atoms with Crippen molar-refractivity contribution in [2.45, 2.75) is 70.3 Å². The second kappa shape index (κ2) is 6.34. The summed E-state index contributed by atoms with van der Waals surface area (Å²) in [7, 11) is 0. The minimum atomic E-state index is -1.04. The zero-order valence-electron chi connectivity index (χ0n) is 13.1. The first kappa shape index (κ1) is 16.3. The molecule has 1 atom stereocenters. The van der Waals surface area contributed by atoms with Gasteiger partial charge in [-0.3, -0.25) is 4.79 Å². The Morgan fingerprint density at radius 1 is 1.10 bits per heavy atom. The van der Waals surface area contributed by atoms with Gasteiger partial charge in [-0.1, -0.05) is 19.3 Å². The number of piperidine rings is 1. The largest absolute Gasteiger partial charge is 0.480 e. The van der Waals surface area contributed by atoms with Crippen LogP contribution in [-0.4, -0.2) is 40.5 Å². The molecule has 1 unspecified atom stereocenters. The molecule has 1 aliphatic heterocycles. The summed E-state index contributed by atoms with van der Waals surface area (Å²) >= 11 is 0. The highest BCUT2D eigenvalue weighted by molar-refractivity contribution is 5.87. The molecule has 5 nitrogen and oxygen atoms in total. The number of hydrogen-bond donors (Lipinski definition) is 2. The summed E-state index contributed by atoms with van der Waals surface area (Å²) in [5.74, 6) is -0.909. The summed E-state index contributed by atoms with van der Waals surface area (Å²) in [6, 6.07) is 0. The van der Waals surface area contributed by atoms with Gasteiger partial charge < -0.3 is 15.7 Å². The summed E-state index contributed by atoms with van der Waals surface area (Å²) in [5.41, 5.74) is 4.81. The lowest BCUT2D eigenvalue weighted by molar-refractivity contribution is -0.162. The van der Waals surface area contributed by atoms with Crippen LogP contribution in [0.25, 0.3) is 0 Å². The molecule has 0 aromatic carbocycles. The van der Waals surface area contributed by atoms with Crippen molar-refractivity contribution in [1.29, 1.82) is 0 Å². The minimum Gasteiger partial charge on any atom is -0.480 e. The quantitative estimate of drug-likeness (QED) is 0.832. The van der Waals surface area contributed by atoms with Gasteiger partial charge in [0.2, 0.25) is 5.91 Å². The summed E-state index contributed by atoms with van der Waals surface area (Å²) in [6.07, 6.45) is 8.17. The third-order valence-corrected chi connectivity index (χ3v) is 5.53. The molecule has 21 heavy (non-hydrogen) atoms. The van der Waals surface area contributed by atoms with E-state index >= 15 is 0 Å². The number of hydrogen-bond acceptors (Lipinski definition) is 3. The highest BCUT2D eigenvalue weighted by Crippen LogP contribution is 2.40. The molecule has 0 radical (unpaired) electrons. The first-order chi connectivity index (χ1) is 9.93. The van der Waals surface area contributed by atoms with Crippen molar-refractivity contribution in [1.82, 2.24) is 4.90 Å². The van der Waals surface area contributed by atoms with E-state index < -0.39 is 11.5 Å². The van der Waals surface area contributed by atoms with Gasteiger partial charge in [-0.25, -0.2) is 4.79 Å². The van der Waals surface area contributed by atoms with Crippen molar-refractivity contribution in [3.8, 4) is 0 Å². The van der Waals surface area contributed by atoms with Crippen LogP contribution in [0.4, 0.5) is 0 Å². The lowest BCUT2D eigenvalue weighted by Gasteiger charge is -2.44. The Hall–Kier alpha value is -1.10. The number of carboxylic acid groups (broad SMARTS) is 1. The molecule has 0 spiro atoms. The number of carboxylic acids is 1. The average Bonchev–Trinajstić information content (AvgIpc) is 2.48. The average molecular weight is 296 g/mol. The normalized spacial score (nSPS) is 29.1. The first-order valence-electron chi connectivity index (χ1n) is 8.17. The molecule has 5 heteroatoms. The Bertz CT molecular complexity index is 404. The lowest BCUT2D eigenvalue weighted by atomic mass is 9.71. The van der Waals surface area contributed by atoms with Crippen molar-refractivity contribution >= 4 is 11.9 Å². The molecular weight excluding hydrogens is 268 g/mol. The number of aliphatic carboxylic acids is 1. The van der Waals surface area contributed by atoms with Crippen LogP contribution >= 0.6 is 0 Å². The molecule has 1 saturated heterocycles. The number of likely N-dealkylation sites (tertiary alicyclic amines) is 1. The van der Waals surface area contributed by atoms with Gasteiger partial charge in [-0.05, 0) is 51.0 Å². The fourth-order valence-corrected chi connectivity index (χ4v) is 3.91. The van der Waals surface area contributed by atoms with Crippen LogP contribution in [0.5, 0.6) is 0 Å². The van der Waals surface area contributed by atoms with Gasteiger partial charge in [0.1, 0.15) is 5.54 Å². The van der Waals surface area contributed by atoms with Crippen molar-refractivity contribution in [2.75, 3.05) is 13.1 Å². The number of nitrogens with two attached hydrogens (primary N) is 1. The minimum absolute atomic E-state index is 0.0213. The van der Waals surface area contributed by atoms with Gasteiger partial charge in [0, 0.05) is 13.0 Å². The molecule has 0 bridgehead atoms. The standard InChI is InChI=1S/C16H28N2O3/c1-15(14(20)21)7-5-6-10-18(15)13(19)11-16(12-17)8-3-2-4-9-16/h2-12,17H2,1H3,(H,20,21). The maximum absolute atomic E-state index is 12.8. The number of carbonyl (C=O) groups excluding carboxylic acids is 1. The third-order valence-electron chi connectivity index (χ3n) is 5.53. The smallest absolute Gasteiger partial charge is 0.329 e. The first-order valence-corrected chi connectivity index (χ1v) is 8.17. The highest BCUT2D eigenvalue weighted by Gasteiger charge is 2.45. The zero-order chi connectivity index (χ0) is 15.5. The van der Waals surface area contributed by atoms with E-state index in [1.165, 1.54) is 6.42 Å². The van der Waals surface area contributed by atoms with Crippen LogP contribution in [-0.2, 0) is 9.59 Å². The topological polar surface area (TPSA) is 83.6 Å². The molecule has 2 rings (SSSR count). The van der Waals surface area contributed by atoms with E-state index in [2.05, 4.69) is 0 Å². The van der Waals surface area contributed by atoms with Crippen LogP contribution in [0.2, 0.25) is 0 Å². The van der Waals surface area contributed by atoms with E-state index in [1.807, 2.05) is 0 Å². The fraction of sp³-hybridized carbons (Fsp3) is 0.875. The van der Waals surface area contributed by atoms with E-state index in [0.717, 1.165) is 38.5 Å². The maximum Gasteiger partial charge on any atom is 0.329 e. The van der Waals surface area contributed by atoms with E-state index in [9.17, 15) is 14.7 Å². The number of carbonyl (C=O) groups is 2. The molecule has 2 aliphatic rings. The van der Waals surface area contributed by atoms with Crippen LogP contribution < -0.4 is 5.73 Å². The molecule has 1 saturated carbocycles. The lowest BCUT2D eigenvalue weighted by Crippen LogP contribution is -2.58. The summed E-state index contributed by atoms with van der Waals surface area (Å²) in [6.45, 7) is 2.76. The van der Waals surface area contributed by atoms with E-state index in [1.54, 1.807) is 11.8 Å². The van der Waals surface area contributed by atoms with Crippen molar-refractivity contribution in [3.05, 3.63) is 0 Å². The summed E-state index contributed by atoms with van der Waals surface area (Å²) in [5, 5.41) is 9.53. The highest BCUT2D eigenvalue weighted by atomic mass is 16.4. The molecule has 0 aromatic rings. The maximum atomic E-state index is 12.8. The Labute approximate surface area is 126 Å². The van der Waals surface area contributed by atoms with Crippen molar-refractivity contribution < 1.29 is 14.7 Å². The van der Waals surface area contributed by atoms with Gasteiger partial charge in [0.05, 0.1) is 0 Å². The number of rotatable bonds is 4. The van der Waals surface area contributed by atoms with Crippen molar-refractivity contribution in [3.63, 3.8) is 0 Å². The molecule has 3 N–H and O–H groups in total. The SMILES string of the molecule is CC1(C(=O)O)CCCCN1C(=O)CC1(CN)CCCCC1. The number of amides is 1. The van der Waals surface area contributed by atoms with Gasteiger partial charge >= 0.3 is 5.97 Å². The Morgan fingerprint density at radius 3 is 2.29 bits per heavy atom. The van der Waals surface area contributed by atoms with Gasteiger partial charge in [-0.15, -0.1) is 0 Å². The van der Waals surface area contributed by atoms with E-state index in [-0.39, 0.29) is 11.3 Å². The summed E-state index contributed by atoms with van der Waals surface area (Å²) < 4.78 is 0. The van der Waals surface area contributed by atoms with Crippen LogP contribution in [0.15, 0.2) is 0 Å².